The zero-order chi connectivity index (χ0) is 35.7. The maximum absolute atomic E-state index is 12.6. The molecule has 0 saturated heterocycles. The minimum absolute atomic E-state index is 0.206. The number of pyridine rings is 3. The van der Waals surface area contributed by atoms with Crippen molar-refractivity contribution in [3.63, 3.8) is 0 Å². The van der Waals surface area contributed by atoms with E-state index in [2.05, 4.69) is 25.6 Å². The topological polar surface area (TPSA) is 120 Å². The van der Waals surface area contributed by atoms with E-state index in [-0.39, 0.29) is 24.5 Å². The minimum atomic E-state index is -0.312. The fraction of sp³-hybridized carbons (Fsp3) is 0.154. The van der Waals surface area contributed by atoms with Crippen molar-refractivity contribution in [2.45, 2.75) is 39.5 Å². The number of benzene rings is 2. The first kappa shape index (κ1) is 35.1. The zero-order valence-corrected chi connectivity index (χ0v) is 29.4. The normalized spacial score (nSPS) is 11.8. The van der Waals surface area contributed by atoms with Gasteiger partial charge in [-0.05, 0) is 90.9 Å². The number of hydrogen-bond acceptors (Lipinski definition) is 7. The molecule has 2 N–H and O–H groups in total. The molecule has 0 bridgehead atoms. The highest BCUT2D eigenvalue weighted by Gasteiger charge is 2.19. The summed E-state index contributed by atoms with van der Waals surface area (Å²) in [6.45, 7) is 3.95. The van der Waals surface area contributed by atoms with Crippen LogP contribution in [0.5, 0.6) is 11.5 Å². The molecule has 6 rings (SSSR count). The zero-order valence-electron chi connectivity index (χ0n) is 27.8. The Balaban J connectivity index is 1.12. The molecule has 10 nitrogen and oxygen atoms in total. The molecule has 258 valence electrons. The van der Waals surface area contributed by atoms with Crippen LogP contribution >= 0.6 is 23.2 Å². The number of rotatable bonds is 13. The summed E-state index contributed by atoms with van der Waals surface area (Å²) in [6, 6.07) is 24.2. The molecule has 1 unspecified atom stereocenters. The number of halogens is 2. The molecule has 6 aromatic rings. The number of amides is 2. The molecular weight excluding hydrogens is 687 g/mol. The van der Waals surface area contributed by atoms with Gasteiger partial charge in [-0.25, -0.2) is 4.98 Å². The third-order valence-corrected chi connectivity index (χ3v) is 8.61. The number of aromatic nitrogens is 4. The van der Waals surface area contributed by atoms with E-state index in [0.29, 0.717) is 51.5 Å². The molecule has 4 aromatic heterocycles. The Morgan fingerprint density at radius 1 is 0.922 bits per heavy atom. The Hall–Kier alpha value is -5.71. The number of ether oxygens (including phenoxy) is 2. The van der Waals surface area contributed by atoms with Crippen LogP contribution in [0.15, 0.2) is 110 Å². The van der Waals surface area contributed by atoms with E-state index in [1.54, 1.807) is 36.8 Å². The summed E-state index contributed by atoms with van der Waals surface area (Å²) in [6.07, 6.45) is 10.1. The van der Waals surface area contributed by atoms with Crippen LogP contribution in [-0.2, 0) is 29.2 Å². The average molecular weight is 722 g/mol. The lowest BCUT2D eigenvalue weighted by Crippen LogP contribution is -2.22. The van der Waals surface area contributed by atoms with Gasteiger partial charge in [-0.1, -0.05) is 35.3 Å². The van der Waals surface area contributed by atoms with Crippen LogP contribution in [0.4, 0.5) is 5.82 Å². The SMILES string of the molecule is CC(=O)Nc1ccc(C=CC(=O)NCc2cccn2-c2ccc(Cl)c(CC(C)Oc3cccc4c(OCc5ccccn5)ccnc34)c2Cl)cn1. The van der Waals surface area contributed by atoms with E-state index in [0.717, 1.165) is 28.0 Å². The van der Waals surface area contributed by atoms with Crippen molar-refractivity contribution in [3.8, 4) is 17.2 Å². The number of carbonyl (C=O) groups is 2. The van der Waals surface area contributed by atoms with Gasteiger partial charge in [0.2, 0.25) is 11.8 Å². The molecule has 0 aliphatic heterocycles. The second-order valence-corrected chi connectivity index (χ2v) is 12.4. The molecule has 0 saturated carbocycles. The lowest BCUT2D eigenvalue weighted by atomic mass is 10.1. The van der Waals surface area contributed by atoms with Crippen molar-refractivity contribution >= 4 is 57.8 Å². The van der Waals surface area contributed by atoms with Gasteiger partial charge in [0.25, 0.3) is 0 Å². The minimum Gasteiger partial charge on any atom is -0.488 e. The molecule has 0 radical (unpaired) electrons. The fourth-order valence-electron chi connectivity index (χ4n) is 5.45. The Bertz CT molecular complexity index is 2190. The number of fused-ring (bicyclic) bond motifs is 1. The van der Waals surface area contributed by atoms with E-state index in [1.165, 1.54) is 13.0 Å². The van der Waals surface area contributed by atoms with Gasteiger partial charge in [0.1, 0.15) is 35.5 Å². The summed E-state index contributed by atoms with van der Waals surface area (Å²) in [5, 5.41) is 7.35. The molecule has 4 heterocycles. The van der Waals surface area contributed by atoms with Crippen molar-refractivity contribution in [2.75, 3.05) is 5.32 Å². The number of anilines is 1. The molecular formula is C39H34Cl2N6O4. The predicted octanol–water partition coefficient (Wildman–Crippen LogP) is 8.00. The smallest absolute Gasteiger partial charge is 0.244 e. The van der Waals surface area contributed by atoms with Crippen LogP contribution in [0.25, 0.3) is 22.7 Å². The summed E-state index contributed by atoms with van der Waals surface area (Å²) < 4.78 is 14.4. The highest BCUT2D eigenvalue weighted by molar-refractivity contribution is 6.37. The van der Waals surface area contributed by atoms with E-state index >= 15 is 0 Å². The number of hydrogen-bond donors (Lipinski definition) is 2. The van der Waals surface area contributed by atoms with Gasteiger partial charge < -0.3 is 24.7 Å². The average Bonchev–Trinajstić information content (AvgIpc) is 3.60. The molecule has 0 spiro atoms. The number of carbonyl (C=O) groups excluding carboxylic acids is 2. The summed E-state index contributed by atoms with van der Waals surface area (Å²) >= 11 is 13.7. The molecule has 1 atom stereocenters. The maximum Gasteiger partial charge on any atom is 0.244 e. The van der Waals surface area contributed by atoms with Crippen molar-refractivity contribution in [2.24, 2.45) is 0 Å². The molecule has 2 aromatic carbocycles. The number of nitrogens with zero attached hydrogens (tertiary/aromatic N) is 4. The Kier molecular flexibility index (Phi) is 11.2. The van der Waals surface area contributed by atoms with E-state index in [4.69, 9.17) is 32.7 Å². The van der Waals surface area contributed by atoms with Gasteiger partial charge in [0, 0.05) is 60.3 Å². The Labute approximate surface area is 305 Å². The molecule has 0 aliphatic carbocycles. The first-order valence-electron chi connectivity index (χ1n) is 16.2. The van der Waals surface area contributed by atoms with Crippen LogP contribution in [0.3, 0.4) is 0 Å². The van der Waals surface area contributed by atoms with Gasteiger partial charge in [0.15, 0.2) is 0 Å². The molecule has 0 aliphatic rings. The molecule has 12 heteroatoms. The monoisotopic (exact) mass is 720 g/mol. The third kappa shape index (κ3) is 8.91. The molecule has 0 fully saturated rings. The predicted molar refractivity (Wildman–Crippen MR) is 199 cm³/mol. The van der Waals surface area contributed by atoms with Crippen molar-refractivity contribution in [3.05, 3.63) is 142 Å². The number of para-hydroxylation sites is 1. The second kappa shape index (κ2) is 16.3. The summed E-state index contributed by atoms with van der Waals surface area (Å²) in [5.74, 6) is 1.25. The van der Waals surface area contributed by atoms with E-state index < -0.39 is 0 Å². The van der Waals surface area contributed by atoms with Crippen LogP contribution in [-0.4, -0.2) is 37.4 Å². The van der Waals surface area contributed by atoms with Gasteiger partial charge in [-0.3, -0.25) is 19.6 Å². The van der Waals surface area contributed by atoms with E-state index in [1.807, 2.05) is 84.4 Å². The van der Waals surface area contributed by atoms with Crippen molar-refractivity contribution in [1.82, 2.24) is 24.8 Å². The first-order chi connectivity index (χ1) is 24.7. The Morgan fingerprint density at radius 3 is 2.59 bits per heavy atom. The largest absolute Gasteiger partial charge is 0.488 e. The molecule has 51 heavy (non-hydrogen) atoms. The van der Waals surface area contributed by atoms with Crippen molar-refractivity contribution in [1.29, 1.82) is 0 Å². The van der Waals surface area contributed by atoms with Crippen LogP contribution in [0.2, 0.25) is 10.0 Å². The lowest BCUT2D eigenvalue weighted by Gasteiger charge is -2.20. The van der Waals surface area contributed by atoms with Crippen LogP contribution in [0, 0.1) is 0 Å². The lowest BCUT2D eigenvalue weighted by molar-refractivity contribution is -0.116. The van der Waals surface area contributed by atoms with Crippen LogP contribution in [0.1, 0.15) is 36.4 Å². The van der Waals surface area contributed by atoms with Gasteiger partial charge in [-0.2, -0.15) is 0 Å². The summed E-state index contributed by atoms with van der Waals surface area (Å²) in [4.78, 5) is 36.9. The van der Waals surface area contributed by atoms with Gasteiger partial charge >= 0.3 is 0 Å². The first-order valence-corrected chi connectivity index (χ1v) is 16.9. The second-order valence-electron chi connectivity index (χ2n) is 11.6. The highest BCUT2D eigenvalue weighted by Crippen LogP contribution is 2.35. The van der Waals surface area contributed by atoms with Crippen molar-refractivity contribution < 1.29 is 19.1 Å². The van der Waals surface area contributed by atoms with Gasteiger partial charge in [-0.15, -0.1) is 0 Å². The van der Waals surface area contributed by atoms with E-state index in [9.17, 15) is 9.59 Å². The Morgan fingerprint density at radius 2 is 1.80 bits per heavy atom. The standard InChI is InChI=1S/C39H34Cl2N6O4/c1-25(51-35-10-5-9-30-34(17-19-43-39(30)35)50-24-28-7-3-4-18-42-28)21-31-32(40)13-14-33(38(31)41)47-20-6-8-29(47)23-45-37(49)16-12-27-11-15-36(44-22-27)46-26(2)48/h3-20,22,25H,21,23-24H2,1-2H3,(H,45,49)(H,44,46,48). The third-order valence-electron chi connectivity index (χ3n) is 7.84. The maximum atomic E-state index is 12.6. The molecule has 2 amide bonds. The summed E-state index contributed by atoms with van der Waals surface area (Å²) in [5.41, 5.74) is 4.50. The highest BCUT2D eigenvalue weighted by atomic mass is 35.5. The van der Waals surface area contributed by atoms with Gasteiger partial charge in [0.05, 0.1) is 22.9 Å². The number of nitrogens with one attached hydrogen (secondary N) is 2. The fourth-order valence-corrected chi connectivity index (χ4v) is 6.06. The van der Waals surface area contributed by atoms with Crippen LogP contribution < -0.4 is 20.1 Å². The summed E-state index contributed by atoms with van der Waals surface area (Å²) in [7, 11) is 0. The quantitative estimate of drug-likeness (QED) is 0.116.